The Morgan fingerprint density at radius 1 is 1.70 bits per heavy atom. The molecule has 6 heteroatoms. The number of alkyl halides is 1. The summed E-state index contributed by atoms with van der Waals surface area (Å²) in [5.74, 6) is -0.427. The van der Waals surface area contributed by atoms with Gasteiger partial charge in [-0.05, 0) is 0 Å². The van der Waals surface area contributed by atoms with Crippen molar-refractivity contribution in [2.24, 2.45) is 0 Å². The van der Waals surface area contributed by atoms with Gasteiger partial charge >= 0.3 is 0 Å². The average molecular weight is 201 g/mol. The van der Waals surface area contributed by atoms with E-state index in [2.05, 4.69) is 5.43 Å². The Kier molecular flexibility index (Phi) is 2.28. The number of hydrazine groups is 1. The van der Waals surface area contributed by atoms with E-state index in [1.807, 2.05) is 0 Å². The summed E-state index contributed by atoms with van der Waals surface area (Å²) in [6.07, 6.45) is 1.32. The van der Waals surface area contributed by atoms with Crippen molar-refractivity contribution >= 4 is 40.9 Å². The molecule has 0 aromatic heterocycles. The Bertz CT molecular complexity index is 193. The van der Waals surface area contributed by atoms with Crippen LogP contribution >= 0.6 is 35.0 Å². The molecule has 0 aromatic carbocycles. The van der Waals surface area contributed by atoms with Gasteiger partial charge in [0.25, 0.3) is 5.91 Å². The monoisotopic (exact) mass is 200 g/mol. The number of amides is 1. The van der Waals surface area contributed by atoms with E-state index >= 15 is 0 Å². The maximum atomic E-state index is 10.7. The molecule has 0 radical (unpaired) electrons. The van der Waals surface area contributed by atoms with Gasteiger partial charge in [-0.15, -0.1) is 11.6 Å². The van der Waals surface area contributed by atoms with Crippen LogP contribution in [0.3, 0.4) is 0 Å². The van der Waals surface area contributed by atoms with Crippen LogP contribution in [-0.2, 0) is 4.79 Å². The molecule has 0 aliphatic carbocycles. The van der Waals surface area contributed by atoms with Gasteiger partial charge in [-0.2, -0.15) is 4.53 Å². The summed E-state index contributed by atoms with van der Waals surface area (Å²) >= 11 is 16.3. The fourth-order valence-electron chi connectivity index (χ4n) is 0.493. The largest absolute Gasteiger partial charge is 0.271 e. The van der Waals surface area contributed by atoms with Crippen molar-refractivity contribution < 1.29 is 4.79 Å². The first kappa shape index (κ1) is 7.98. The highest BCUT2D eigenvalue weighted by atomic mass is 35.5. The molecule has 0 spiro atoms. The first-order chi connectivity index (χ1) is 4.61. The van der Waals surface area contributed by atoms with Crippen LogP contribution in [0.2, 0.25) is 0 Å². The van der Waals surface area contributed by atoms with E-state index in [1.54, 1.807) is 0 Å². The fourth-order valence-corrected chi connectivity index (χ4v) is 1.03. The Balaban J connectivity index is 2.81. The zero-order valence-electron chi connectivity index (χ0n) is 4.64. The molecule has 1 atom stereocenters. The van der Waals surface area contributed by atoms with Crippen LogP contribution < -0.4 is 5.43 Å². The highest BCUT2D eigenvalue weighted by molar-refractivity contribution is 6.44. The highest BCUT2D eigenvalue weighted by Crippen LogP contribution is 2.19. The van der Waals surface area contributed by atoms with Gasteiger partial charge in [0, 0.05) is 11.8 Å². The maximum Gasteiger partial charge on any atom is 0.263 e. The van der Waals surface area contributed by atoms with E-state index in [0.29, 0.717) is 0 Å². The van der Waals surface area contributed by atoms with Crippen LogP contribution in [0.5, 0.6) is 0 Å². The average Bonchev–Trinajstić information content (AvgIpc) is 1.82. The van der Waals surface area contributed by atoms with Crippen LogP contribution in [0.25, 0.3) is 0 Å². The molecule has 0 aromatic rings. The maximum absolute atomic E-state index is 10.7. The molecule has 0 fully saturated rings. The molecular weight excluding hydrogens is 198 g/mol. The number of rotatable bonds is 0. The molecule has 1 unspecified atom stereocenters. The number of nitrogens with one attached hydrogen (secondary N) is 1. The minimum atomic E-state index is -0.823. The van der Waals surface area contributed by atoms with Crippen LogP contribution in [0.1, 0.15) is 0 Å². The Morgan fingerprint density at radius 3 is 2.80 bits per heavy atom. The van der Waals surface area contributed by atoms with Crippen LogP contribution in [0, 0.1) is 0 Å². The number of hydrogen-bond donors (Lipinski definition) is 1. The second kappa shape index (κ2) is 2.86. The summed E-state index contributed by atoms with van der Waals surface area (Å²) in [7, 11) is 0. The van der Waals surface area contributed by atoms with Crippen LogP contribution in [0.15, 0.2) is 11.2 Å². The lowest BCUT2D eigenvalue weighted by Gasteiger charge is -2.20. The molecule has 1 amide bonds. The van der Waals surface area contributed by atoms with Crippen molar-refractivity contribution in [3.05, 3.63) is 11.2 Å². The van der Waals surface area contributed by atoms with Gasteiger partial charge in [0.2, 0.25) is 0 Å². The zero-order valence-corrected chi connectivity index (χ0v) is 6.91. The molecule has 10 heavy (non-hydrogen) atoms. The van der Waals surface area contributed by atoms with E-state index in [1.165, 1.54) is 6.20 Å². The van der Waals surface area contributed by atoms with Crippen molar-refractivity contribution in [2.75, 3.05) is 0 Å². The molecule has 3 nitrogen and oxygen atoms in total. The third-order valence-corrected chi connectivity index (χ3v) is 1.97. The number of carbonyl (C=O) groups excluding carboxylic acids is 1. The third-order valence-electron chi connectivity index (χ3n) is 0.926. The predicted molar refractivity (Wildman–Crippen MR) is 39.4 cm³/mol. The second-order valence-corrected chi connectivity index (χ2v) is 2.90. The van der Waals surface area contributed by atoms with Gasteiger partial charge in [-0.1, -0.05) is 11.6 Å². The summed E-state index contributed by atoms with van der Waals surface area (Å²) in [6, 6.07) is 0. The van der Waals surface area contributed by atoms with Crippen LogP contribution in [-0.4, -0.2) is 15.8 Å². The van der Waals surface area contributed by atoms with Crippen LogP contribution in [0.4, 0.5) is 0 Å². The standard InChI is InChI=1S/C4H3Cl3N2O/c5-2-1-9(7)8-4(10)3(2)6/h1,3H,(H,8,10). The summed E-state index contributed by atoms with van der Waals surface area (Å²) in [6.45, 7) is 0. The summed E-state index contributed by atoms with van der Waals surface area (Å²) < 4.78 is 0.934. The summed E-state index contributed by atoms with van der Waals surface area (Å²) in [5.41, 5.74) is 2.23. The van der Waals surface area contributed by atoms with Gasteiger partial charge in [0.05, 0.1) is 11.2 Å². The molecule has 0 bridgehead atoms. The van der Waals surface area contributed by atoms with Crippen molar-refractivity contribution in [1.82, 2.24) is 9.95 Å². The Morgan fingerprint density at radius 2 is 2.30 bits per heavy atom. The van der Waals surface area contributed by atoms with Gasteiger partial charge in [0.15, 0.2) is 5.38 Å². The van der Waals surface area contributed by atoms with E-state index in [-0.39, 0.29) is 5.03 Å². The first-order valence-corrected chi connectivity index (χ1v) is 3.53. The molecular formula is C4H3Cl3N2O. The molecule has 0 saturated heterocycles. The minimum Gasteiger partial charge on any atom is -0.271 e. The number of halogens is 3. The molecule has 1 rings (SSSR count). The lowest BCUT2D eigenvalue weighted by Crippen LogP contribution is -2.41. The SMILES string of the molecule is O=C1NN(Cl)C=C(Cl)C1Cl. The third kappa shape index (κ3) is 1.48. The Hall–Kier alpha value is -0.120. The van der Waals surface area contributed by atoms with Gasteiger partial charge in [-0.25, -0.2) is 0 Å². The topological polar surface area (TPSA) is 32.3 Å². The van der Waals surface area contributed by atoms with Crippen molar-refractivity contribution in [3.8, 4) is 0 Å². The molecule has 56 valence electrons. The highest BCUT2D eigenvalue weighted by Gasteiger charge is 2.24. The van der Waals surface area contributed by atoms with Crippen molar-refractivity contribution in [1.29, 1.82) is 0 Å². The van der Waals surface area contributed by atoms with E-state index in [9.17, 15) is 4.79 Å². The molecule has 1 aliphatic rings. The predicted octanol–water partition coefficient (Wildman–Crippen LogP) is 1.17. The first-order valence-electron chi connectivity index (χ1n) is 2.38. The smallest absolute Gasteiger partial charge is 0.263 e. The van der Waals surface area contributed by atoms with Gasteiger partial charge in [0.1, 0.15) is 0 Å². The zero-order chi connectivity index (χ0) is 7.72. The van der Waals surface area contributed by atoms with E-state index < -0.39 is 11.3 Å². The summed E-state index contributed by atoms with van der Waals surface area (Å²) in [5, 5.41) is -0.614. The molecule has 1 heterocycles. The van der Waals surface area contributed by atoms with Crippen molar-refractivity contribution in [2.45, 2.75) is 5.38 Å². The van der Waals surface area contributed by atoms with E-state index in [4.69, 9.17) is 35.0 Å². The lowest BCUT2D eigenvalue weighted by molar-refractivity contribution is -0.122. The quantitative estimate of drug-likeness (QED) is 0.471. The Labute approximate surface area is 72.6 Å². The fraction of sp³-hybridized carbons (Fsp3) is 0.250. The van der Waals surface area contributed by atoms with Gasteiger partial charge in [-0.3, -0.25) is 10.2 Å². The lowest BCUT2D eigenvalue weighted by atomic mass is 10.3. The normalized spacial score (nSPS) is 25.9. The molecule has 0 saturated carbocycles. The van der Waals surface area contributed by atoms with Crippen molar-refractivity contribution in [3.63, 3.8) is 0 Å². The number of nitrogens with zero attached hydrogens (tertiary/aromatic N) is 1. The molecule has 1 N–H and O–H groups in total. The number of hydrogen-bond acceptors (Lipinski definition) is 2. The second-order valence-electron chi connectivity index (χ2n) is 1.66. The van der Waals surface area contributed by atoms with Gasteiger partial charge < -0.3 is 0 Å². The van der Waals surface area contributed by atoms with E-state index in [0.717, 1.165) is 4.53 Å². The minimum absolute atomic E-state index is 0.209. The molecule has 1 aliphatic heterocycles. The number of carbonyl (C=O) groups is 1. The summed E-state index contributed by atoms with van der Waals surface area (Å²) in [4.78, 5) is 10.7.